The van der Waals surface area contributed by atoms with Gasteiger partial charge in [0.2, 0.25) is 0 Å². The highest BCUT2D eigenvalue weighted by molar-refractivity contribution is 5.95. The summed E-state index contributed by atoms with van der Waals surface area (Å²) in [5.41, 5.74) is 8.17. The van der Waals surface area contributed by atoms with Crippen molar-refractivity contribution in [2.45, 2.75) is 31.7 Å². The highest BCUT2D eigenvalue weighted by Crippen LogP contribution is 2.41. The lowest BCUT2D eigenvalue weighted by atomic mass is 9.99. The van der Waals surface area contributed by atoms with Gasteiger partial charge in [-0.2, -0.15) is 0 Å². The third kappa shape index (κ3) is 2.42. The number of ether oxygens (including phenoxy) is 1. The zero-order valence-electron chi connectivity index (χ0n) is 12.3. The van der Waals surface area contributed by atoms with Crippen molar-refractivity contribution >= 4 is 5.91 Å². The maximum absolute atomic E-state index is 12.7. The van der Waals surface area contributed by atoms with Gasteiger partial charge in [-0.05, 0) is 61.3 Å². The van der Waals surface area contributed by atoms with Gasteiger partial charge in [0.25, 0.3) is 5.91 Å². The van der Waals surface area contributed by atoms with Crippen molar-refractivity contribution in [3.05, 3.63) is 29.3 Å². The number of carbonyl (C=O) groups excluding carboxylic acids is 1. The zero-order chi connectivity index (χ0) is 14.4. The Morgan fingerprint density at radius 1 is 1.29 bits per heavy atom. The van der Waals surface area contributed by atoms with Crippen molar-refractivity contribution in [3.63, 3.8) is 0 Å². The van der Waals surface area contributed by atoms with E-state index in [9.17, 15) is 4.79 Å². The minimum Gasteiger partial charge on any atom is -0.493 e. The van der Waals surface area contributed by atoms with Crippen LogP contribution in [-0.2, 0) is 6.42 Å². The van der Waals surface area contributed by atoms with Crippen molar-refractivity contribution in [1.82, 2.24) is 4.90 Å². The number of nitrogens with two attached hydrogens (primary N) is 1. The Labute approximate surface area is 125 Å². The Balaban J connectivity index is 1.52. The maximum Gasteiger partial charge on any atom is 0.253 e. The van der Waals surface area contributed by atoms with Crippen molar-refractivity contribution in [2.75, 3.05) is 19.7 Å². The summed E-state index contributed by atoms with van der Waals surface area (Å²) < 4.78 is 5.61. The number of hydrogen-bond donors (Lipinski definition) is 1. The Bertz CT molecular complexity index is 568. The van der Waals surface area contributed by atoms with Crippen LogP contribution in [0.4, 0.5) is 0 Å². The average molecular weight is 286 g/mol. The molecule has 1 aliphatic carbocycles. The van der Waals surface area contributed by atoms with Crippen molar-refractivity contribution < 1.29 is 9.53 Å². The molecule has 2 N–H and O–H groups in total. The van der Waals surface area contributed by atoms with Crippen LogP contribution < -0.4 is 10.5 Å². The van der Waals surface area contributed by atoms with E-state index in [0.29, 0.717) is 12.5 Å². The van der Waals surface area contributed by atoms with Gasteiger partial charge in [-0.15, -0.1) is 0 Å². The monoisotopic (exact) mass is 286 g/mol. The highest BCUT2D eigenvalue weighted by Gasteiger charge is 2.42. The molecule has 2 heterocycles. The van der Waals surface area contributed by atoms with E-state index >= 15 is 0 Å². The smallest absolute Gasteiger partial charge is 0.253 e. The Morgan fingerprint density at radius 2 is 2.14 bits per heavy atom. The number of nitrogens with zero attached hydrogens (tertiary/aromatic N) is 1. The number of likely N-dealkylation sites (tertiary alicyclic amines) is 1. The highest BCUT2D eigenvalue weighted by atomic mass is 16.5. The van der Waals surface area contributed by atoms with E-state index in [2.05, 4.69) is 0 Å². The molecule has 1 aromatic rings. The molecule has 0 spiro atoms. The van der Waals surface area contributed by atoms with E-state index in [0.717, 1.165) is 48.8 Å². The van der Waals surface area contributed by atoms with Gasteiger partial charge < -0.3 is 15.4 Å². The number of fused-ring (bicyclic) bond motifs is 1. The molecule has 2 aliphatic heterocycles. The van der Waals surface area contributed by atoms with Gasteiger partial charge in [0.1, 0.15) is 5.75 Å². The first-order valence-corrected chi connectivity index (χ1v) is 8.03. The van der Waals surface area contributed by atoms with E-state index in [4.69, 9.17) is 10.5 Å². The summed E-state index contributed by atoms with van der Waals surface area (Å²) in [6, 6.07) is 5.99. The summed E-state index contributed by atoms with van der Waals surface area (Å²) in [5.74, 6) is 2.33. The molecule has 1 saturated carbocycles. The molecule has 0 bridgehead atoms. The summed E-state index contributed by atoms with van der Waals surface area (Å²) >= 11 is 0. The van der Waals surface area contributed by atoms with Gasteiger partial charge in [0, 0.05) is 24.7 Å². The molecule has 1 amide bonds. The van der Waals surface area contributed by atoms with E-state index in [1.165, 1.54) is 12.8 Å². The number of hydrogen-bond acceptors (Lipinski definition) is 3. The minimum absolute atomic E-state index is 0.127. The molecule has 4 nitrogen and oxygen atoms in total. The summed E-state index contributed by atoms with van der Waals surface area (Å²) in [4.78, 5) is 14.6. The van der Waals surface area contributed by atoms with Crippen molar-refractivity contribution in [1.29, 1.82) is 0 Å². The van der Waals surface area contributed by atoms with Gasteiger partial charge >= 0.3 is 0 Å². The molecule has 0 aromatic heterocycles. The van der Waals surface area contributed by atoms with Gasteiger partial charge in [-0.25, -0.2) is 0 Å². The molecule has 112 valence electrons. The fourth-order valence-corrected chi connectivity index (χ4v) is 3.72. The summed E-state index contributed by atoms with van der Waals surface area (Å²) in [5, 5.41) is 0. The second-order valence-corrected chi connectivity index (χ2v) is 6.65. The van der Waals surface area contributed by atoms with E-state index < -0.39 is 0 Å². The standard InChI is InChI=1S/C17H22N2O2/c18-15-10-19(9-14(15)11-3-4-11)17(20)13-5-6-16-12(8-13)2-1-7-21-16/h5-6,8,11,14-15H,1-4,7,9-10,18H2/t14-,15+/m0/s1. The van der Waals surface area contributed by atoms with E-state index in [-0.39, 0.29) is 11.9 Å². The molecule has 21 heavy (non-hydrogen) atoms. The van der Waals surface area contributed by atoms with Gasteiger partial charge in [-0.3, -0.25) is 4.79 Å². The van der Waals surface area contributed by atoms with E-state index in [1.54, 1.807) is 0 Å². The molecule has 2 fully saturated rings. The van der Waals surface area contributed by atoms with Crippen molar-refractivity contribution in [3.8, 4) is 5.75 Å². The molecule has 3 aliphatic rings. The molecule has 4 rings (SSSR count). The molecule has 0 unspecified atom stereocenters. The van der Waals surface area contributed by atoms with Gasteiger partial charge in [0.05, 0.1) is 6.61 Å². The molecular weight excluding hydrogens is 264 g/mol. The summed E-state index contributed by atoms with van der Waals surface area (Å²) in [7, 11) is 0. The van der Waals surface area contributed by atoms with E-state index in [1.807, 2.05) is 23.1 Å². The SMILES string of the molecule is N[C@@H]1CN(C(=O)c2ccc3c(c2)CCCO3)C[C@H]1C1CC1. The normalized spacial score (nSPS) is 28.1. The lowest BCUT2D eigenvalue weighted by Crippen LogP contribution is -2.32. The van der Waals surface area contributed by atoms with Crippen molar-refractivity contribution in [2.24, 2.45) is 17.6 Å². The predicted octanol–water partition coefficient (Wildman–Crippen LogP) is 1.82. The van der Waals surface area contributed by atoms with Gasteiger partial charge in [0.15, 0.2) is 0 Å². The summed E-state index contributed by atoms with van der Waals surface area (Å²) in [6.45, 7) is 2.32. The first-order chi connectivity index (χ1) is 10.2. The lowest BCUT2D eigenvalue weighted by molar-refractivity contribution is 0.0784. The van der Waals surface area contributed by atoms with Crippen LogP contribution >= 0.6 is 0 Å². The van der Waals surface area contributed by atoms with Crippen LogP contribution in [0.15, 0.2) is 18.2 Å². The first-order valence-electron chi connectivity index (χ1n) is 8.03. The average Bonchev–Trinajstić information content (AvgIpc) is 3.28. The molecule has 0 radical (unpaired) electrons. The number of rotatable bonds is 2. The molecular formula is C17H22N2O2. The molecule has 1 saturated heterocycles. The van der Waals surface area contributed by atoms with Crippen LogP contribution in [0.25, 0.3) is 0 Å². The van der Waals surface area contributed by atoms with Crippen LogP contribution in [0.1, 0.15) is 35.2 Å². The van der Waals surface area contributed by atoms with Crippen LogP contribution in [-0.4, -0.2) is 36.5 Å². The predicted molar refractivity (Wildman–Crippen MR) is 80.4 cm³/mol. The van der Waals surface area contributed by atoms with Crippen LogP contribution in [0.3, 0.4) is 0 Å². The number of aryl methyl sites for hydroxylation is 1. The maximum atomic E-state index is 12.7. The quantitative estimate of drug-likeness (QED) is 0.902. The summed E-state index contributed by atoms with van der Waals surface area (Å²) in [6.07, 6.45) is 4.61. The van der Waals surface area contributed by atoms with Crippen LogP contribution in [0.5, 0.6) is 5.75 Å². The Morgan fingerprint density at radius 3 is 2.95 bits per heavy atom. The Kier molecular flexibility index (Phi) is 3.14. The van der Waals surface area contributed by atoms with Crippen LogP contribution in [0, 0.1) is 11.8 Å². The molecule has 2 atom stereocenters. The first kappa shape index (κ1) is 13.1. The topological polar surface area (TPSA) is 55.6 Å². The molecule has 4 heteroatoms. The number of amides is 1. The van der Waals surface area contributed by atoms with Gasteiger partial charge in [-0.1, -0.05) is 0 Å². The number of carbonyl (C=O) groups is 1. The third-order valence-corrected chi connectivity index (χ3v) is 5.08. The minimum atomic E-state index is 0.127. The fourth-order valence-electron chi connectivity index (χ4n) is 3.72. The Hall–Kier alpha value is -1.55. The lowest BCUT2D eigenvalue weighted by Gasteiger charge is -2.20. The second-order valence-electron chi connectivity index (χ2n) is 6.65. The third-order valence-electron chi connectivity index (χ3n) is 5.08. The second kappa shape index (κ2) is 5.02. The fraction of sp³-hybridized carbons (Fsp3) is 0.588. The zero-order valence-corrected chi connectivity index (χ0v) is 12.3. The largest absolute Gasteiger partial charge is 0.493 e. The van der Waals surface area contributed by atoms with Crippen LogP contribution in [0.2, 0.25) is 0 Å². The number of benzene rings is 1. The molecule has 1 aromatic carbocycles.